The zero-order valence-corrected chi connectivity index (χ0v) is 11.6. The minimum absolute atomic E-state index is 0.0232. The van der Waals surface area contributed by atoms with E-state index < -0.39 is 0 Å². The molecule has 1 heterocycles. The summed E-state index contributed by atoms with van der Waals surface area (Å²) in [5.41, 5.74) is 0.359. The number of amides is 1. The maximum absolute atomic E-state index is 12.4. The molecule has 1 aliphatic carbocycles. The van der Waals surface area contributed by atoms with Gasteiger partial charge in [-0.05, 0) is 31.1 Å². The van der Waals surface area contributed by atoms with E-state index in [9.17, 15) is 4.79 Å². The minimum Gasteiger partial charge on any atom is -0.326 e. The van der Waals surface area contributed by atoms with Crippen LogP contribution in [0.5, 0.6) is 0 Å². The third-order valence-corrected chi connectivity index (χ3v) is 4.47. The van der Waals surface area contributed by atoms with Gasteiger partial charge < -0.3 is 4.90 Å². The van der Waals surface area contributed by atoms with Crippen molar-refractivity contribution in [1.29, 1.82) is 0 Å². The van der Waals surface area contributed by atoms with Gasteiger partial charge in [0.2, 0.25) is 5.91 Å². The third-order valence-electron chi connectivity index (χ3n) is 4.47. The summed E-state index contributed by atoms with van der Waals surface area (Å²) in [4.78, 5) is 14.4. The van der Waals surface area contributed by atoms with E-state index in [0.29, 0.717) is 17.2 Å². The van der Waals surface area contributed by atoms with Crippen LogP contribution in [0, 0.1) is 11.3 Å². The molecule has 0 spiro atoms. The monoisotopic (exact) mass is 238 g/mol. The number of rotatable bonds is 3. The Morgan fingerprint density at radius 1 is 1.41 bits per heavy atom. The average Bonchev–Trinajstić information content (AvgIpc) is 2.78. The van der Waals surface area contributed by atoms with Gasteiger partial charge in [0.15, 0.2) is 0 Å². The quantitative estimate of drug-likeness (QED) is 0.818. The molecule has 0 bridgehead atoms. The molecule has 1 N–H and O–H groups in total. The predicted molar refractivity (Wildman–Crippen MR) is 69.5 cm³/mol. The van der Waals surface area contributed by atoms with Gasteiger partial charge in [0.05, 0.1) is 12.2 Å². The van der Waals surface area contributed by atoms with Crippen LogP contribution in [0.4, 0.5) is 0 Å². The SMILES string of the molecule is CC(C)C1NC(C)N(CC2(C)CCCC2)C1=O. The van der Waals surface area contributed by atoms with Crippen molar-refractivity contribution < 1.29 is 4.79 Å². The Labute approximate surface area is 105 Å². The summed E-state index contributed by atoms with van der Waals surface area (Å²) in [6.45, 7) is 9.61. The van der Waals surface area contributed by atoms with E-state index in [2.05, 4.69) is 37.9 Å². The van der Waals surface area contributed by atoms with Gasteiger partial charge in [-0.25, -0.2) is 0 Å². The normalized spacial score (nSPS) is 32.8. The van der Waals surface area contributed by atoms with Crippen LogP contribution in [-0.4, -0.2) is 29.6 Å². The molecule has 1 amide bonds. The number of nitrogens with zero attached hydrogens (tertiary/aromatic N) is 1. The van der Waals surface area contributed by atoms with Crippen LogP contribution < -0.4 is 5.32 Å². The smallest absolute Gasteiger partial charge is 0.241 e. The molecule has 1 saturated carbocycles. The number of carbonyl (C=O) groups excluding carboxylic acids is 1. The summed E-state index contributed by atoms with van der Waals surface area (Å²) < 4.78 is 0. The Kier molecular flexibility index (Phi) is 3.48. The standard InChI is InChI=1S/C14H26N2O/c1-10(2)12-13(17)16(11(3)15-12)9-14(4)7-5-6-8-14/h10-12,15H,5-9H2,1-4H3. The van der Waals surface area contributed by atoms with Crippen molar-refractivity contribution in [3.63, 3.8) is 0 Å². The third kappa shape index (κ3) is 2.49. The second kappa shape index (κ2) is 4.60. The van der Waals surface area contributed by atoms with Crippen LogP contribution in [0.2, 0.25) is 0 Å². The molecule has 3 nitrogen and oxygen atoms in total. The Bertz CT molecular complexity index is 295. The maximum atomic E-state index is 12.4. The summed E-state index contributed by atoms with van der Waals surface area (Å²) in [6.07, 6.45) is 5.40. The highest BCUT2D eigenvalue weighted by atomic mass is 16.2. The van der Waals surface area contributed by atoms with Gasteiger partial charge >= 0.3 is 0 Å². The van der Waals surface area contributed by atoms with Gasteiger partial charge in [0.25, 0.3) is 0 Å². The lowest BCUT2D eigenvalue weighted by atomic mass is 9.88. The lowest BCUT2D eigenvalue weighted by Crippen LogP contribution is -2.41. The van der Waals surface area contributed by atoms with Crippen LogP contribution >= 0.6 is 0 Å². The zero-order chi connectivity index (χ0) is 12.6. The maximum Gasteiger partial charge on any atom is 0.241 e. The summed E-state index contributed by atoms with van der Waals surface area (Å²) in [5, 5.41) is 3.42. The fourth-order valence-electron chi connectivity index (χ4n) is 3.28. The summed E-state index contributed by atoms with van der Waals surface area (Å²) in [6, 6.07) is 0.0232. The number of hydrogen-bond donors (Lipinski definition) is 1. The molecule has 17 heavy (non-hydrogen) atoms. The van der Waals surface area contributed by atoms with E-state index in [0.717, 1.165) is 6.54 Å². The first-order valence-corrected chi connectivity index (χ1v) is 6.99. The summed E-state index contributed by atoms with van der Waals surface area (Å²) in [5.74, 6) is 0.687. The topological polar surface area (TPSA) is 32.3 Å². The number of nitrogens with one attached hydrogen (secondary N) is 1. The first-order chi connectivity index (χ1) is 7.93. The molecule has 0 aromatic carbocycles. The Morgan fingerprint density at radius 2 is 2.00 bits per heavy atom. The van der Waals surface area contributed by atoms with Crippen LogP contribution in [-0.2, 0) is 4.79 Å². The van der Waals surface area contributed by atoms with Crippen molar-refractivity contribution in [3.8, 4) is 0 Å². The van der Waals surface area contributed by atoms with Crippen molar-refractivity contribution in [2.45, 2.75) is 65.6 Å². The van der Waals surface area contributed by atoms with Crippen LogP contribution in [0.15, 0.2) is 0 Å². The fourth-order valence-corrected chi connectivity index (χ4v) is 3.28. The lowest BCUT2D eigenvalue weighted by molar-refractivity contribution is -0.132. The van der Waals surface area contributed by atoms with Crippen LogP contribution in [0.1, 0.15) is 53.4 Å². The van der Waals surface area contributed by atoms with E-state index in [1.54, 1.807) is 0 Å². The lowest BCUT2D eigenvalue weighted by Gasteiger charge is -2.32. The summed E-state index contributed by atoms with van der Waals surface area (Å²) >= 11 is 0. The van der Waals surface area contributed by atoms with E-state index in [1.807, 2.05) is 0 Å². The van der Waals surface area contributed by atoms with Crippen molar-refractivity contribution in [2.75, 3.05) is 6.54 Å². The van der Waals surface area contributed by atoms with Gasteiger partial charge in [-0.1, -0.05) is 33.6 Å². The van der Waals surface area contributed by atoms with E-state index >= 15 is 0 Å². The molecular weight excluding hydrogens is 212 g/mol. The molecule has 2 aliphatic rings. The molecule has 0 aromatic heterocycles. The Balaban J connectivity index is 2.03. The molecule has 98 valence electrons. The molecule has 2 atom stereocenters. The van der Waals surface area contributed by atoms with Gasteiger partial charge in [-0.15, -0.1) is 0 Å². The highest BCUT2D eigenvalue weighted by Gasteiger charge is 2.41. The largest absolute Gasteiger partial charge is 0.326 e. The van der Waals surface area contributed by atoms with E-state index in [-0.39, 0.29) is 12.2 Å². The van der Waals surface area contributed by atoms with Crippen LogP contribution in [0.3, 0.4) is 0 Å². The molecule has 3 heteroatoms. The molecule has 1 aliphatic heterocycles. The molecule has 2 rings (SSSR count). The molecule has 1 saturated heterocycles. The van der Waals surface area contributed by atoms with E-state index in [4.69, 9.17) is 0 Å². The predicted octanol–water partition coefficient (Wildman–Crippen LogP) is 2.37. The van der Waals surface area contributed by atoms with Crippen molar-refractivity contribution in [1.82, 2.24) is 10.2 Å². The highest BCUT2D eigenvalue weighted by Crippen LogP contribution is 2.39. The van der Waals surface area contributed by atoms with Gasteiger partial charge in [0, 0.05) is 6.54 Å². The molecule has 0 aromatic rings. The fraction of sp³-hybridized carbons (Fsp3) is 0.929. The van der Waals surface area contributed by atoms with Gasteiger partial charge in [-0.2, -0.15) is 0 Å². The Morgan fingerprint density at radius 3 is 2.47 bits per heavy atom. The Hall–Kier alpha value is -0.570. The molecular formula is C14H26N2O. The first kappa shape index (κ1) is 12.9. The van der Waals surface area contributed by atoms with E-state index in [1.165, 1.54) is 25.7 Å². The minimum atomic E-state index is 0.0232. The second-order valence-electron chi connectivity index (χ2n) is 6.55. The summed E-state index contributed by atoms with van der Waals surface area (Å²) in [7, 11) is 0. The average molecular weight is 238 g/mol. The second-order valence-corrected chi connectivity index (χ2v) is 6.55. The first-order valence-electron chi connectivity index (χ1n) is 6.99. The van der Waals surface area contributed by atoms with Crippen molar-refractivity contribution in [3.05, 3.63) is 0 Å². The highest BCUT2D eigenvalue weighted by molar-refractivity contribution is 5.84. The van der Waals surface area contributed by atoms with Crippen LogP contribution in [0.25, 0.3) is 0 Å². The molecule has 2 unspecified atom stereocenters. The number of carbonyl (C=O) groups is 1. The molecule has 0 radical (unpaired) electrons. The van der Waals surface area contributed by atoms with Crippen molar-refractivity contribution in [2.24, 2.45) is 11.3 Å². The van der Waals surface area contributed by atoms with Gasteiger partial charge in [-0.3, -0.25) is 10.1 Å². The van der Waals surface area contributed by atoms with Crippen molar-refractivity contribution >= 4 is 5.91 Å². The molecule has 2 fully saturated rings. The number of hydrogen-bond acceptors (Lipinski definition) is 2. The zero-order valence-electron chi connectivity index (χ0n) is 11.6. The van der Waals surface area contributed by atoms with Gasteiger partial charge in [0.1, 0.15) is 0 Å².